The van der Waals surface area contributed by atoms with Crippen LogP contribution in [0.25, 0.3) is 11.2 Å². The van der Waals surface area contributed by atoms with E-state index >= 15 is 0 Å². The number of anilines is 1. The summed E-state index contributed by atoms with van der Waals surface area (Å²) < 4.78 is 7.25. The molecule has 7 nitrogen and oxygen atoms in total. The third-order valence-corrected chi connectivity index (χ3v) is 5.04. The number of aromatic nitrogens is 4. The summed E-state index contributed by atoms with van der Waals surface area (Å²) in [5.74, 6) is 2.33. The Morgan fingerprint density at radius 1 is 1.22 bits per heavy atom. The number of benzene rings is 1. The van der Waals surface area contributed by atoms with Gasteiger partial charge in [-0.25, -0.2) is 15.0 Å². The number of nitrogens with zero attached hydrogens (tertiary/aromatic N) is 4. The summed E-state index contributed by atoms with van der Waals surface area (Å²) in [6.07, 6.45) is 2.52. The van der Waals surface area contributed by atoms with E-state index in [1.165, 1.54) is 0 Å². The number of hydrogen-bond acceptors (Lipinski definition) is 7. The molecule has 2 aromatic heterocycles. The number of hydrogen-bond donors (Lipinski definition) is 2. The SMILES string of the molecule is COc1ccc(CNc2nc(SCCCO)nc3c2ncn3C(C)C)cc1. The van der Waals surface area contributed by atoms with Crippen LogP contribution in [0.5, 0.6) is 5.75 Å². The molecule has 0 saturated heterocycles. The van der Waals surface area contributed by atoms with E-state index in [0.717, 1.165) is 34.0 Å². The first-order valence-corrected chi connectivity index (χ1v) is 9.96. The molecule has 27 heavy (non-hydrogen) atoms. The molecule has 3 aromatic rings. The zero-order valence-corrected chi connectivity index (χ0v) is 16.7. The Morgan fingerprint density at radius 3 is 2.67 bits per heavy atom. The molecular formula is C19H25N5O2S. The summed E-state index contributed by atoms with van der Waals surface area (Å²) in [7, 11) is 1.66. The first kappa shape index (κ1) is 19.4. The topological polar surface area (TPSA) is 85.1 Å². The second-order valence-electron chi connectivity index (χ2n) is 6.40. The third-order valence-electron chi connectivity index (χ3n) is 4.11. The average Bonchev–Trinajstić information content (AvgIpc) is 3.11. The highest BCUT2D eigenvalue weighted by Gasteiger charge is 2.15. The molecule has 0 radical (unpaired) electrons. The molecule has 0 aliphatic rings. The van der Waals surface area contributed by atoms with E-state index in [4.69, 9.17) is 9.84 Å². The van der Waals surface area contributed by atoms with Crippen LogP contribution in [-0.2, 0) is 6.54 Å². The van der Waals surface area contributed by atoms with Crippen LogP contribution in [0.15, 0.2) is 35.7 Å². The lowest BCUT2D eigenvalue weighted by atomic mass is 10.2. The maximum absolute atomic E-state index is 9.01. The smallest absolute Gasteiger partial charge is 0.191 e. The molecule has 0 amide bonds. The number of thioether (sulfide) groups is 1. The number of imidazole rings is 1. The number of methoxy groups -OCH3 is 1. The Balaban J connectivity index is 1.86. The van der Waals surface area contributed by atoms with Crippen LogP contribution in [0.2, 0.25) is 0 Å². The minimum Gasteiger partial charge on any atom is -0.497 e. The Morgan fingerprint density at radius 2 is 2.00 bits per heavy atom. The number of aliphatic hydroxyl groups excluding tert-OH is 1. The lowest BCUT2D eigenvalue weighted by Crippen LogP contribution is -2.06. The van der Waals surface area contributed by atoms with Gasteiger partial charge in [0.1, 0.15) is 5.75 Å². The first-order valence-electron chi connectivity index (χ1n) is 8.97. The molecule has 8 heteroatoms. The van der Waals surface area contributed by atoms with Gasteiger partial charge < -0.3 is 19.7 Å². The van der Waals surface area contributed by atoms with Crippen molar-refractivity contribution >= 4 is 28.7 Å². The molecule has 3 rings (SSSR count). The first-order chi connectivity index (χ1) is 13.1. The number of rotatable bonds is 9. The summed E-state index contributed by atoms with van der Waals surface area (Å²) in [6, 6.07) is 8.18. The highest BCUT2D eigenvalue weighted by molar-refractivity contribution is 7.99. The van der Waals surface area contributed by atoms with Crippen molar-refractivity contribution < 1.29 is 9.84 Å². The largest absolute Gasteiger partial charge is 0.497 e. The van der Waals surface area contributed by atoms with Crippen molar-refractivity contribution in [2.45, 2.75) is 38.0 Å². The number of fused-ring (bicyclic) bond motifs is 1. The molecule has 0 aliphatic carbocycles. The molecule has 0 unspecified atom stereocenters. The van der Waals surface area contributed by atoms with Crippen LogP contribution in [0.3, 0.4) is 0 Å². The van der Waals surface area contributed by atoms with E-state index in [2.05, 4.69) is 34.1 Å². The van der Waals surface area contributed by atoms with Crippen LogP contribution in [0.1, 0.15) is 31.9 Å². The highest BCUT2D eigenvalue weighted by Crippen LogP contribution is 2.26. The molecule has 144 valence electrons. The minimum atomic E-state index is 0.168. The van der Waals surface area contributed by atoms with Gasteiger partial charge in [0.15, 0.2) is 22.1 Å². The van der Waals surface area contributed by atoms with Gasteiger partial charge in [0.25, 0.3) is 0 Å². The van der Waals surface area contributed by atoms with Gasteiger partial charge in [-0.15, -0.1) is 0 Å². The number of aliphatic hydroxyl groups is 1. The van der Waals surface area contributed by atoms with Gasteiger partial charge in [-0.05, 0) is 38.0 Å². The Bertz CT molecular complexity index is 880. The van der Waals surface area contributed by atoms with Crippen molar-refractivity contribution in [2.75, 3.05) is 24.8 Å². The molecule has 1 aromatic carbocycles. The van der Waals surface area contributed by atoms with Crippen molar-refractivity contribution in [1.82, 2.24) is 19.5 Å². The third kappa shape index (κ3) is 4.70. The Kier molecular flexibility index (Phi) is 6.52. The number of ether oxygens (including phenoxy) is 1. The molecule has 0 aliphatic heterocycles. The fourth-order valence-corrected chi connectivity index (χ4v) is 3.38. The van der Waals surface area contributed by atoms with Crippen LogP contribution in [-0.4, -0.2) is 44.1 Å². The maximum Gasteiger partial charge on any atom is 0.191 e. The van der Waals surface area contributed by atoms with Crippen LogP contribution in [0.4, 0.5) is 5.82 Å². The van der Waals surface area contributed by atoms with Crippen LogP contribution < -0.4 is 10.1 Å². The predicted molar refractivity (Wildman–Crippen MR) is 108 cm³/mol. The zero-order valence-electron chi connectivity index (χ0n) is 15.8. The summed E-state index contributed by atoms with van der Waals surface area (Å²) >= 11 is 1.54. The minimum absolute atomic E-state index is 0.168. The standard InChI is InChI=1S/C19H25N5O2S/c1-13(2)24-12-21-16-17(20-11-14-5-7-15(26-3)8-6-14)22-19(23-18(16)24)27-10-4-9-25/h5-8,12-13,25H,4,9-11H2,1-3H3,(H,20,22,23). The van der Waals surface area contributed by atoms with Crippen LogP contribution >= 0.6 is 11.8 Å². The van der Waals surface area contributed by atoms with E-state index in [1.807, 2.05) is 35.2 Å². The average molecular weight is 388 g/mol. The van der Waals surface area contributed by atoms with Crippen LogP contribution in [0, 0.1) is 0 Å². The Hall–Kier alpha value is -2.32. The summed E-state index contributed by atoms with van der Waals surface area (Å²) in [5.41, 5.74) is 2.72. The van der Waals surface area contributed by atoms with Crippen molar-refractivity contribution in [3.05, 3.63) is 36.2 Å². The van der Waals surface area contributed by atoms with Gasteiger partial charge in [0.2, 0.25) is 0 Å². The molecular weight excluding hydrogens is 362 g/mol. The van der Waals surface area contributed by atoms with Crippen molar-refractivity contribution in [1.29, 1.82) is 0 Å². The van der Waals surface area contributed by atoms with Gasteiger partial charge in [-0.3, -0.25) is 0 Å². The second kappa shape index (κ2) is 9.05. The lowest BCUT2D eigenvalue weighted by Gasteiger charge is -2.11. The second-order valence-corrected chi connectivity index (χ2v) is 7.46. The molecule has 0 fully saturated rings. The quantitative estimate of drug-likeness (QED) is 0.330. The van der Waals surface area contributed by atoms with Crippen molar-refractivity contribution in [2.24, 2.45) is 0 Å². The zero-order chi connectivity index (χ0) is 19.2. The molecule has 2 N–H and O–H groups in total. The van der Waals surface area contributed by atoms with Gasteiger partial charge in [0, 0.05) is 24.9 Å². The summed E-state index contributed by atoms with van der Waals surface area (Å²) in [6.45, 7) is 5.01. The predicted octanol–water partition coefficient (Wildman–Crippen LogP) is 3.50. The van der Waals surface area contributed by atoms with E-state index in [-0.39, 0.29) is 12.6 Å². The Labute approximate surface area is 163 Å². The molecule has 0 spiro atoms. The van der Waals surface area contributed by atoms with E-state index in [9.17, 15) is 0 Å². The molecule has 2 heterocycles. The molecule has 0 saturated carbocycles. The van der Waals surface area contributed by atoms with E-state index in [0.29, 0.717) is 18.1 Å². The van der Waals surface area contributed by atoms with Gasteiger partial charge >= 0.3 is 0 Å². The highest BCUT2D eigenvalue weighted by atomic mass is 32.2. The fourth-order valence-electron chi connectivity index (χ4n) is 2.62. The van der Waals surface area contributed by atoms with Crippen molar-refractivity contribution in [3.8, 4) is 5.75 Å². The summed E-state index contributed by atoms with van der Waals surface area (Å²) in [4.78, 5) is 13.9. The molecule has 0 bridgehead atoms. The van der Waals surface area contributed by atoms with E-state index < -0.39 is 0 Å². The van der Waals surface area contributed by atoms with E-state index in [1.54, 1.807) is 18.9 Å². The molecule has 0 atom stereocenters. The summed E-state index contributed by atoms with van der Waals surface area (Å²) in [5, 5.41) is 13.1. The monoisotopic (exact) mass is 387 g/mol. The normalized spacial score (nSPS) is 11.3. The van der Waals surface area contributed by atoms with Gasteiger partial charge in [-0.1, -0.05) is 23.9 Å². The maximum atomic E-state index is 9.01. The fraction of sp³-hybridized carbons (Fsp3) is 0.421. The number of nitrogens with one attached hydrogen (secondary N) is 1. The van der Waals surface area contributed by atoms with Gasteiger partial charge in [0.05, 0.1) is 13.4 Å². The lowest BCUT2D eigenvalue weighted by molar-refractivity contribution is 0.296. The van der Waals surface area contributed by atoms with Crippen molar-refractivity contribution in [3.63, 3.8) is 0 Å². The van der Waals surface area contributed by atoms with Gasteiger partial charge in [-0.2, -0.15) is 0 Å².